The molecule has 0 aliphatic carbocycles. The summed E-state index contributed by atoms with van der Waals surface area (Å²) in [7, 11) is 0. The highest BCUT2D eigenvalue weighted by Gasteiger charge is 2.27. The highest BCUT2D eigenvalue weighted by molar-refractivity contribution is 6.33. The number of carboxylic acid groups (broad SMARTS) is 2. The van der Waals surface area contributed by atoms with Crippen molar-refractivity contribution in [1.82, 2.24) is 30.6 Å². The lowest BCUT2D eigenvalue weighted by molar-refractivity contribution is 0.0686. The third-order valence-electron chi connectivity index (χ3n) is 8.07. The van der Waals surface area contributed by atoms with Gasteiger partial charge in [0.2, 0.25) is 11.6 Å². The number of rotatable bonds is 8. The summed E-state index contributed by atoms with van der Waals surface area (Å²) in [6.45, 7) is 3.35. The van der Waals surface area contributed by atoms with Crippen molar-refractivity contribution in [2.45, 2.75) is 13.8 Å². The number of halogens is 3. The van der Waals surface area contributed by atoms with Gasteiger partial charge in [-0.2, -0.15) is 9.97 Å². The number of aryl methyl sites for hydroxylation is 2. The number of aromatic nitrogens is 6. The van der Waals surface area contributed by atoms with E-state index < -0.39 is 17.8 Å². The second kappa shape index (κ2) is 15.2. The second-order valence-electron chi connectivity index (χ2n) is 11.6. The van der Waals surface area contributed by atoms with Crippen molar-refractivity contribution in [2.24, 2.45) is 0 Å². The predicted molar refractivity (Wildman–Crippen MR) is 195 cm³/mol. The quantitative estimate of drug-likeness (QED) is 0.147. The molecule has 0 amide bonds. The molecular weight excluding hydrogens is 758 g/mol. The van der Waals surface area contributed by atoms with Crippen molar-refractivity contribution in [3.05, 3.63) is 130 Å². The monoisotopic (exact) mass is 780 g/mol. The zero-order chi connectivity index (χ0) is 38.8. The Hall–Kier alpha value is -6.97. The Balaban J connectivity index is 0.000000169. The summed E-state index contributed by atoms with van der Waals surface area (Å²) in [5, 5.41) is 34.8. The minimum Gasteiger partial charge on any atom is -0.478 e. The minimum absolute atomic E-state index is 0.0452. The minimum atomic E-state index is -1.07. The average molecular weight is 782 g/mol. The molecule has 55 heavy (non-hydrogen) atoms. The van der Waals surface area contributed by atoms with E-state index in [1.165, 1.54) is 42.5 Å². The van der Waals surface area contributed by atoms with E-state index in [0.717, 1.165) is 0 Å². The summed E-state index contributed by atoms with van der Waals surface area (Å²) in [6.07, 6.45) is 0. The van der Waals surface area contributed by atoms with E-state index in [0.29, 0.717) is 50.1 Å². The van der Waals surface area contributed by atoms with Crippen LogP contribution in [0.4, 0.5) is 4.39 Å². The van der Waals surface area contributed by atoms with Gasteiger partial charge >= 0.3 is 11.9 Å². The topological polar surface area (TPSA) is 204 Å². The lowest BCUT2D eigenvalue weighted by Crippen LogP contribution is -1.96. The van der Waals surface area contributed by atoms with Gasteiger partial charge in [-0.3, -0.25) is 0 Å². The van der Waals surface area contributed by atoms with E-state index in [-0.39, 0.29) is 50.8 Å². The number of carbonyl (C=O) groups is 2. The highest BCUT2D eigenvalue weighted by Crippen LogP contribution is 2.39. The predicted octanol–water partition coefficient (Wildman–Crippen LogP) is 9.58. The van der Waals surface area contributed by atoms with Gasteiger partial charge in [0, 0.05) is 16.7 Å². The zero-order valence-electron chi connectivity index (χ0n) is 28.3. The van der Waals surface area contributed by atoms with Crippen molar-refractivity contribution >= 4 is 35.1 Å². The summed E-state index contributed by atoms with van der Waals surface area (Å²) in [4.78, 5) is 31.0. The molecule has 8 aromatic rings. The van der Waals surface area contributed by atoms with Gasteiger partial charge in [0.05, 0.1) is 26.7 Å². The molecule has 0 atom stereocenters. The van der Waals surface area contributed by atoms with Crippen molar-refractivity contribution < 1.29 is 42.3 Å². The van der Waals surface area contributed by atoms with Crippen molar-refractivity contribution in [3.63, 3.8) is 0 Å². The summed E-state index contributed by atoms with van der Waals surface area (Å²) in [6, 6.07) is 23.9. The molecule has 0 aliphatic rings. The maximum Gasteiger partial charge on any atom is 0.335 e. The van der Waals surface area contributed by atoms with E-state index in [9.17, 15) is 14.0 Å². The molecule has 0 aliphatic heterocycles. The van der Waals surface area contributed by atoms with Crippen LogP contribution in [0.15, 0.2) is 109 Å². The van der Waals surface area contributed by atoms with Crippen molar-refractivity contribution in [3.8, 4) is 68.2 Å². The maximum absolute atomic E-state index is 14.3. The smallest absolute Gasteiger partial charge is 0.335 e. The van der Waals surface area contributed by atoms with E-state index in [1.807, 2.05) is 18.2 Å². The lowest BCUT2D eigenvalue weighted by atomic mass is 10.1. The molecule has 17 heteroatoms. The Morgan fingerprint density at radius 3 is 1.60 bits per heavy atom. The molecule has 0 bridgehead atoms. The number of benzene rings is 4. The van der Waals surface area contributed by atoms with Gasteiger partial charge in [0.25, 0.3) is 11.8 Å². The maximum atomic E-state index is 14.3. The fraction of sp³-hybridized carbons (Fsp3) is 0.0526. The lowest BCUT2D eigenvalue weighted by Gasteiger charge is -2.03. The largest absolute Gasteiger partial charge is 0.478 e. The normalized spacial score (nSPS) is 10.9. The van der Waals surface area contributed by atoms with Crippen LogP contribution in [0.2, 0.25) is 10.0 Å². The third kappa shape index (κ3) is 7.33. The number of aromatic carboxylic acids is 2. The zero-order valence-corrected chi connectivity index (χ0v) is 29.8. The Kier molecular flexibility index (Phi) is 10.0. The molecule has 0 radical (unpaired) electrons. The number of carboxylic acids is 2. The molecule has 4 aromatic carbocycles. The molecule has 0 spiro atoms. The first kappa shape index (κ1) is 36.4. The number of nitrogens with zero attached hydrogens (tertiary/aromatic N) is 6. The molecule has 4 aromatic heterocycles. The molecule has 14 nitrogen and oxygen atoms in total. The summed E-state index contributed by atoms with van der Waals surface area (Å²) in [5.41, 5.74) is 3.41. The van der Waals surface area contributed by atoms with E-state index in [1.54, 1.807) is 44.2 Å². The molecule has 4 heterocycles. The first-order valence-corrected chi connectivity index (χ1v) is 16.7. The fourth-order valence-electron chi connectivity index (χ4n) is 5.45. The van der Waals surface area contributed by atoms with E-state index in [2.05, 4.69) is 30.6 Å². The van der Waals surface area contributed by atoms with Crippen LogP contribution in [0.1, 0.15) is 32.2 Å². The number of hydrogen-bond acceptors (Lipinski definition) is 12. The second-order valence-corrected chi connectivity index (χ2v) is 12.4. The third-order valence-corrected chi connectivity index (χ3v) is 8.71. The SMILES string of the molecule is Cc1onc(-c2c(F)cccc2Cl)c1-c1nc(-c2cccc(C(=O)O)c2)no1.Cc1onc(-c2ccccc2Cl)c1-c1nc(-c2cccc(C(=O)O)c2)no1. The fourth-order valence-corrected chi connectivity index (χ4v) is 5.92. The highest BCUT2D eigenvalue weighted by atomic mass is 35.5. The van der Waals surface area contributed by atoms with Gasteiger partial charge in [-0.25, -0.2) is 14.0 Å². The molecule has 274 valence electrons. The van der Waals surface area contributed by atoms with Gasteiger partial charge < -0.3 is 28.3 Å². The molecule has 0 saturated carbocycles. The summed E-state index contributed by atoms with van der Waals surface area (Å²) < 4.78 is 35.6. The van der Waals surface area contributed by atoms with Gasteiger partial charge in [-0.15, -0.1) is 0 Å². The van der Waals surface area contributed by atoms with Crippen molar-refractivity contribution in [2.75, 3.05) is 0 Å². The van der Waals surface area contributed by atoms with Crippen LogP contribution >= 0.6 is 23.2 Å². The molecule has 2 N–H and O–H groups in total. The van der Waals surface area contributed by atoms with Crippen LogP contribution in [0.5, 0.6) is 0 Å². The number of hydrogen-bond donors (Lipinski definition) is 2. The Morgan fingerprint density at radius 1 is 0.582 bits per heavy atom. The van der Waals surface area contributed by atoms with Crippen LogP contribution in [-0.4, -0.2) is 52.7 Å². The van der Waals surface area contributed by atoms with Crippen LogP contribution in [0.3, 0.4) is 0 Å². The molecule has 8 rings (SSSR count). The molecule has 0 saturated heterocycles. The standard InChI is InChI=1S/C19H11ClFN3O4.C19H12ClN3O4/c1-9-14(16(23-27-9)15-12(20)6-3-7-13(15)21)18-22-17(24-28-18)10-4-2-5-11(8-10)19(25)26;1-10-15(16(22-26-10)13-7-2-3-8-14(13)20)18-21-17(23-27-18)11-5-4-6-12(9-11)19(24)25/h2-8H,1H3,(H,25,26);2-9H,1H3,(H,24,25). The van der Waals surface area contributed by atoms with E-state index in [4.69, 9.17) is 51.5 Å². The Morgan fingerprint density at radius 2 is 1.07 bits per heavy atom. The van der Waals surface area contributed by atoms with Gasteiger partial charge in [0.1, 0.15) is 39.9 Å². The van der Waals surface area contributed by atoms with Gasteiger partial charge in [0.15, 0.2) is 0 Å². The van der Waals surface area contributed by atoms with Crippen LogP contribution in [-0.2, 0) is 0 Å². The Bertz CT molecular complexity index is 2700. The van der Waals surface area contributed by atoms with Gasteiger partial charge in [-0.1, -0.05) is 92.4 Å². The molecule has 0 fully saturated rings. The van der Waals surface area contributed by atoms with Crippen LogP contribution in [0, 0.1) is 19.7 Å². The summed E-state index contributed by atoms with van der Waals surface area (Å²) in [5.74, 6) is -1.15. The van der Waals surface area contributed by atoms with Crippen LogP contribution < -0.4 is 0 Å². The van der Waals surface area contributed by atoms with Gasteiger partial charge in [-0.05, 0) is 56.3 Å². The molecular formula is C38H23Cl2FN6O8. The van der Waals surface area contributed by atoms with E-state index >= 15 is 0 Å². The van der Waals surface area contributed by atoms with Crippen molar-refractivity contribution in [1.29, 1.82) is 0 Å². The summed E-state index contributed by atoms with van der Waals surface area (Å²) >= 11 is 12.4. The van der Waals surface area contributed by atoms with Crippen LogP contribution in [0.25, 0.3) is 68.2 Å². The molecule has 0 unspecified atom stereocenters. The first-order chi connectivity index (χ1) is 26.5. The average Bonchev–Trinajstić information content (AvgIpc) is 4.00. The Labute approximate surface area is 318 Å². The first-order valence-electron chi connectivity index (χ1n) is 16.0.